The first-order valence-corrected chi connectivity index (χ1v) is 7.39. The lowest BCUT2D eigenvalue weighted by Gasteiger charge is -2.26. The summed E-state index contributed by atoms with van der Waals surface area (Å²) in [6, 6.07) is 16.3. The Balaban J connectivity index is 0.00000176. The standard InChI is InChI=1S/C19H21NO.ClH/c1-20(2)13-16-9-8-15-12-17(21)10-11-18(15)19(16)14-6-4-3-5-7-14;/h3-7,10-12,21H,8-9,13H2,1-2H3;1H. The quantitative estimate of drug-likeness (QED) is 0.921. The molecule has 0 radical (unpaired) electrons. The van der Waals surface area contributed by atoms with Crippen molar-refractivity contribution < 1.29 is 5.11 Å². The van der Waals surface area contributed by atoms with Crippen LogP contribution in [0.3, 0.4) is 0 Å². The Hall–Kier alpha value is -1.77. The van der Waals surface area contributed by atoms with Crippen molar-refractivity contribution >= 4 is 18.0 Å². The Labute approximate surface area is 138 Å². The molecule has 0 aromatic heterocycles. The highest BCUT2D eigenvalue weighted by atomic mass is 35.5. The number of phenolic OH excluding ortho intramolecular Hbond substituents is 1. The zero-order valence-corrected chi connectivity index (χ0v) is 13.9. The second kappa shape index (κ2) is 6.99. The van der Waals surface area contributed by atoms with Gasteiger partial charge in [0.25, 0.3) is 0 Å². The lowest BCUT2D eigenvalue weighted by molar-refractivity contribution is 0.439. The third-order valence-electron chi connectivity index (χ3n) is 3.98. The van der Waals surface area contributed by atoms with Gasteiger partial charge in [-0.1, -0.05) is 36.4 Å². The van der Waals surface area contributed by atoms with Crippen LogP contribution in [-0.4, -0.2) is 30.6 Å². The first kappa shape index (κ1) is 16.6. The number of hydrogen-bond donors (Lipinski definition) is 1. The van der Waals surface area contributed by atoms with Crippen LogP contribution in [0, 0.1) is 0 Å². The van der Waals surface area contributed by atoms with E-state index in [-0.39, 0.29) is 12.4 Å². The molecule has 0 fully saturated rings. The maximum atomic E-state index is 9.73. The molecule has 0 unspecified atom stereocenters. The van der Waals surface area contributed by atoms with Crippen LogP contribution in [-0.2, 0) is 6.42 Å². The number of rotatable bonds is 3. The van der Waals surface area contributed by atoms with Crippen LogP contribution in [0.1, 0.15) is 23.1 Å². The highest BCUT2D eigenvalue weighted by Gasteiger charge is 2.20. The smallest absolute Gasteiger partial charge is 0.115 e. The summed E-state index contributed by atoms with van der Waals surface area (Å²) in [5.41, 5.74) is 6.59. The number of aromatic hydroxyl groups is 1. The molecule has 116 valence electrons. The van der Waals surface area contributed by atoms with Gasteiger partial charge in [-0.15, -0.1) is 12.4 Å². The number of benzene rings is 2. The number of nitrogens with zero attached hydrogens (tertiary/aromatic N) is 1. The summed E-state index contributed by atoms with van der Waals surface area (Å²) >= 11 is 0. The van der Waals surface area contributed by atoms with E-state index in [2.05, 4.69) is 55.4 Å². The first-order chi connectivity index (χ1) is 10.1. The molecule has 0 bridgehead atoms. The fraction of sp³-hybridized carbons (Fsp3) is 0.263. The van der Waals surface area contributed by atoms with Crippen LogP contribution in [0.2, 0.25) is 0 Å². The minimum atomic E-state index is 0. The molecule has 0 atom stereocenters. The predicted octanol–water partition coefficient (Wildman–Crippen LogP) is 4.12. The van der Waals surface area contributed by atoms with Crippen molar-refractivity contribution in [3.05, 3.63) is 70.8 Å². The van der Waals surface area contributed by atoms with E-state index in [9.17, 15) is 5.11 Å². The molecule has 0 saturated heterocycles. The van der Waals surface area contributed by atoms with E-state index in [1.807, 2.05) is 6.07 Å². The van der Waals surface area contributed by atoms with Gasteiger partial charge < -0.3 is 10.0 Å². The molecule has 0 aliphatic heterocycles. The molecule has 0 heterocycles. The molecule has 2 nitrogen and oxygen atoms in total. The van der Waals surface area contributed by atoms with Gasteiger partial charge >= 0.3 is 0 Å². The first-order valence-electron chi connectivity index (χ1n) is 7.39. The van der Waals surface area contributed by atoms with E-state index in [4.69, 9.17) is 0 Å². The minimum Gasteiger partial charge on any atom is -0.508 e. The fourth-order valence-corrected chi connectivity index (χ4v) is 3.14. The minimum absolute atomic E-state index is 0. The number of hydrogen-bond acceptors (Lipinski definition) is 2. The molecule has 1 N–H and O–H groups in total. The molecular weight excluding hydrogens is 294 g/mol. The maximum Gasteiger partial charge on any atom is 0.115 e. The van der Waals surface area contributed by atoms with Crippen molar-refractivity contribution in [1.29, 1.82) is 0 Å². The lowest BCUT2D eigenvalue weighted by atomic mass is 9.82. The number of aryl methyl sites for hydroxylation is 1. The van der Waals surface area contributed by atoms with Crippen molar-refractivity contribution in [3.8, 4) is 5.75 Å². The third-order valence-corrected chi connectivity index (χ3v) is 3.98. The average molecular weight is 316 g/mol. The molecule has 2 aromatic rings. The molecule has 0 saturated carbocycles. The maximum absolute atomic E-state index is 9.73. The fourth-order valence-electron chi connectivity index (χ4n) is 3.14. The largest absolute Gasteiger partial charge is 0.508 e. The summed E-state index contributed by atoms with van der Waals surface area (Å²) in [7, 11) is 4.23. The topological polar surface area (TPSA) is 23.5 Å². The molecule has 3 rings (SSSR count). The summed E-state index contributed by atoms with van der Waals surface area (Å²) in [6.45, 7) is 0.977. The van der Waals surface area contributed by atoms with Crippen LogP contribution >= 0.6 is 12.4 Å². The Morgan fingerprint density at radius 3 is 2.41 bits per heavy atom. The van der Waals surface area contributed by atoms with Crippen molar-refractivity contribution in [2.75, 3.05) is 20.6 Å². The Bertz CT molecular complexity index is 677. The summed E-state index contributed by atoms with van der Waals surface area (Å²) in [5, 5.41) is 9.73. The number of halogens is 1. The molecule has 3 heteroatoms. The van der Waals surface area contributed by atoms with Gasteiger partial charge in [0.15, 0.2) is 0 Å². The second-order valence-electron chi connectivity index (χ2n) is 5.92. The Morgan fingerprint density at radius 1 is 1.00 bits per heavy atom. The molecule has 0 spiro atoms. The van der Waals surface area contributed by atoms with Crippen molar-refractivity contribution in [3.63, 3.8) is 0 Å². The number of fused-ring (bicyclic) bond motifs is 1. The van der Waals surface area contributed by atoms with E-state index >= 15 is 0 Å². The van der Waals surface area contributed by atoms with Crippen LogP contribution in [0.15, 0.2) is 54.1 Å². The predicted molar refractivity (Wildman–Crippen MR) is 94.7 cm³/mol. The van der Waals surface area contributed by atoms with E-state index in [0.29, 0.717) is 5.75 Å². The summed E-state index contributed by atoms with van der Waals surface area (Å²) < 4.78 is 0. The van der Waals surface area contributed by atoms with Gasteiger partial charge in [0.05, 0.1) is 0 Å². The van der Waals surface area contributed by atoms with Gasteiger partial charge in [0.2, 0.25) is 0 Å². The van der Waals surface area contributed by atoms with Gasteiger partial charge in [0.1, 0.15) is 5.75 Å². The van der Waals surface area contributed by atoms with Gasteiger partial charge in [-0.25, -0.2) is 0 Å². The van der Waals surface area contributed by atoms with E-state index in [1.54, 1.807) is 6.07 Å². The third kappa shape index (κ3) is 3.34. The second-order valence-corrected chi connectivity index (χ2v) is 5.92. The van der Waals surface area contributed by atoms with Gasteiger partial charge in [0, 0.05) is 6.54 Å². The average Bonchev–Trinajstić information content (AvgIpc) is 2.47. The van der Waals surface area contributed by atoms with E-state index in [0.717, 1.165) is 19.4 Å². The molecular formula is C19H22ClNO. The molecule has 1 aliphatic carbocycles. The molecule has 22 heavy (non-hydrogen) atoms. The Morgan fingerprint density at radius 2 is 1.73 bits per heavy atom. The zero-order chi connectivity index (χ0) is 14.8. The van der Waals surface area contributed by atoms with Gasteiger partial charge in [-0.2, -0.15) is 0 Å². The number of likely N-dealkylation sites (N-methyl/N-ethyl adjacent to an activating group) is 1. The van der Waals surface area contributed by atoms with E-state index < -0.39 is 0 Å². The van der Waals surface area contributed by atoms with Crippen LogP contribution in [0.25, 0.3) is 5.57 Å². The Kier molecular flexibility index (Phi) is 5.28. The zero-order valence-electron chi connectivity index (χ0n) is 13.0. The van der Waals surface area contributed by atoms with Crippen molar-refractivity contribution in [1.82, 2.24) is 4.90 Å². The molecule has 2 aromatic carbocycles. The van der Waals surface area contributed by atoms with Crippen LogP contribution in [0.5, 0.6) is 5.75 Å². The van der Waals surface area contributed by atoms with Gasteiger partial charge in [-0.3, -0.25) is 0 Å². The van der Waals surface area contributed by atoms with Crippen molar-refractivity contribution in [2.24, 2.45) is 0 Å². The summed E-state index contributed by atoms with van der Waals surface area (Å²) in [4.78, 5) is 2.23. The number of phenols is 1. The molecule has 1 aliphatic rings. The lowest BCUT2D eigenvalue weighted by Crippen LogP contribution is -2.19. The van der Waals surface area contributed by atoms with Crippen molar-refractivity contribution in [2.45, 2.75) is 12.8 Å². The highest BCUT2D eigenvalue weighted by Crippen LogP contribution is 2.37. The summed E-state index contributed by atoms with van der Waals surface area (Å²) in [6.07, 6.45) is 2.06. The SMILES string of the molecule is CN(C)CC1=C(c2ccccc2)c2ccc(O)cc2CC1.Cl. The van der Waals surface area contributed by atoms with Crippen LogP contribution < -0.4 is 0 Å². The molecule has 0 amide bonds. The van der Waals surface area contributed by atoms with Crippen LogP contribution in [0.4, 0.5) is 0 Å². The monoisotopic (exact) mass is 315 g/mol. The highest BCUT2D eigenvalue weighted by molar-refractivity contribution is 5.86. The van der Waals surface area contributed by atoms with E-state index in [1.165, 1.54) is 27.8 Å². The van der Waals surface area contributed by atoms with Gasteiger partial charge in [-0.05, 0) is 66.9 Å². The summed E-state index contributed by atoms with van der Waals surface area (Å²) in [5.74, 6) is 0.359. The normalized spacial score (nSPS) is 13.8.